The van der Waals surface area contributed by atoms with Crippen molar-refractivity contribution in [1.82, 2.24) is 4.90 Å². The molecule has 2 rings (SSSR count). The third-order valence-electron chi connectivity index (χ3n) is 3.48. The number of anilines is 1. The largest absolute Gasteiger partial charge is 0.481 e. The van der Waals surface area contributed by atoms with Crippen LogP contribution in [0.4, 0.5) is 10.1 Å². The van der Waals surface area contributed by atoms with Gasteiger partial charge in [0.2, 0.25) is 5.91 Å². The summed E-state index contributed by atoms with van der Waals surface area (Å²) in [6.45, 7) is 1.07. The van der Waals surface area contributed by atoms with Gasteiger partial charge in [0.15, 0.2) is 0 Å². The first-order valence-corrected chi connectivity index (χ1v) is 6.56. The van der Waals surface area contributed by atoms with E-state index >= 15 is 0 Å². The summed E-state index contributed by atoms with van der Waals surface area (Å²) in [5.74, 6) is -1.53. The van der Waals surface area contributed by atoms with Gasteiger partial charge in [0.1, 0.15) is 5.82 Å². The minimum absolute atomic E-state index is 0.0711. The highest BCUT2D eigenvalue weighted by molar-refractivity contribution is 5.81. The number of aliphatic carboxylic acids is 1. The number of carboxylic acid groups (broad SMARTS) is 1. The molecule has 1 aromatic rings. The number of piperidine rings is 1. The molecule has 0 saturated carbocycles. The molecular formula is C14H17FN2O3. The number of benzene rings is 1. The van der Waals surface area contributed by atoms with E-state index in [1.54, 1.807) is 17.0 Å². The van der Waals surface area contributed by atoms with E-state index in [1.165, 1.54) is 12.1 Å². The minimum Gasteiger partial charge on any atom is -0.481 e. The lowest BCUT2D eigenvalue weighted by Crippen LogP contribution is -2.42. The lowest BCUT2D eigenvalue weighted by atomic mass is 9.97. The van der Waals surface area contributed by atoms with Crippen LogP contribution in [-0.2, 0) is 9.59 Å². The van der Waals surface area contributed by atoms with Crippen LogP contribution >= 0.6 is 0 Å². The van der Waals surface area contributed by atoms with Gasteiger partial charge in [-0.15, -0.1) is 0 Å². The first-order valence-electron chi connectivity index (χ1n) is 6.56. The van der Waals surface area contributed by atoms with E-state index in [1.807, 2.05) is 0 Å². The SMILES string of the molecule is O=C(O)C1CCN(C(=O)CNc2ccc(F)cc2)CC1. The molecule has 1 amide bonds. The molecule has 1 fully saturated rings. The second-order valence-corrected chi connectivity index (χ2v) is 4.85. The van der Waals surface area contributed by atoms with Crippen molar-refractivity contribution in [3.63, 3.8) is 0 Å². The van der Waals surface area contributed by atoms with Gasteiger partial charge >= 0.3 is 5.97 Å². The molecule has 1 saturated heterocycles. The fraction of sp³-hybridized carbons (Fsp3) is 0.429. The predicted molar refractivity (Wildman–Crippen MR) is 71.8 cm³/mol. The van der Waals surface area contributed by atoms with Gasteiger partial charge in [-0.25, -0.2) is 4.39 Å². The van der Waals surface area contributed by atoms with Crippen molar-refractivity contribution < 1.29 is 19.1 Å². The number of carboxylic acids is 1. The normalized spacial score (nSPS) is 15.9. The minimum atomic E-state index is -0.790. The standard InChI is InChI=1S/C14H17FN2O3/c15-11-1-3-12(4-2-11)16-9-13(18)17-7-5-10(6-8-17)14(19)20/h1-4,10,16H,5-9H2,(H,19,20). The quantitative estimate of drug-likeness (QED) is 0.878. The van der Waals surface area contributed by atoms with Crippen LogP contribution in [0.25, 0.3) is 0 Å². The molecule has 0 atom stereocenters. The average molecular weight is 280 g/mol. The summed E-state index contributed by atoms with van der Waals surface area (Å²) >= 11 is 0. The van der Waals surface area contributed by atoms with Crippen LogP contribution in [0.3, 0.4) is 0 Å². The molecule has 20 heavy (non-hydrogen) atoms. The van der Waals surface area contributed by atoms with Crippen molar-refractivity contribution in [1.29, 1.82) is 0 Å². The number of carbonyl (C=O) groups excluding carboxylic acids is 1. The third kappa shape index (κ3) is 3.69. The summed E-state index contributed by atoms with van der Waals surface area (Å²) in [6, 6.07) is 5.79. The van der Waals surface area contributed by atoms with Gasteiger partial charge in [-0.1, -0.05) is 0 Å². The van der Waals surface area contributed by atoms with E-state index in [4.69, 9.17) is 5.11 Å². The average Bonchev–Trinajstić information content (AvgIpc) is 2.46. The maximum absolute atomic E-state index is 12.7. The molecule has 5 nitrogen and oxygen atoms in total. The molecule has 0 bridgehead atoms. The Bertz CT molecular complexity index is 482. The highest BCUT2D eigenvalue weighted by Gasteiger charge is 2.26. The van der Waals surface area contributed by atoms with Crippen LogP contribution in [0.2, 0.25) is 0 Å². The Labute approximate surface area is 116 Å². The van der Waals surface area contributed by atoms with E-state index in [9.17, 15) is 14.0 Å². The highest BCUT2D eigenvalue weighted by Crippen LogP contribution is 2.17. The monoisotopic (exact) mass is 280 g/mol. The Balaban J connectivity index is 1.78. The lowest BCUT2D eigenvalue weighted by molar-refractivity contribution is -0.145. The Morgan fingerprint density at radius 1 is 1.25 bits per heavy atom. The van der Waals surface area contributed by atoms with Crippen LogP contribution in [0.15, 0.2) is 24.3 Å². The van der Waals surface area contributed by atoms with Crippen LogP contribution in [-0.4, -0.2) is 41.5 Å². The summed E-state index contributed by atoms with van der Waals surface area (Å²) < 4.78 is 12.7. The zero-order valence-electron chi connectivity index (χ0n) is 11.0. The summed E-state index contributed by atoms with van der Waals surface area (Å²) in [6.07, 6.45) is 0.995. The number of likely N-dealkylation sites (tertiary alicyclic amines) is 1. The Kier molecular flexibility index (Phi) is 4.55. The van der Waals surface area contributed by atoms with Gasteiger partial charge in [0.05, 0.1) is 12.5 Å². The highest BCUT2D eigenvalue weighted by atomic mass is 19.1. The molecule has 1 aliphatic heterocycles. The second kappa shape index (κ2) is 6.36. The van der Waals surface area contributed by atoms with Gasteiger partial charge in [0.25, 0.3) is 0 Å². The molecule has 6 heteroatoms. The second-order valence-electron chi connectivity index (χ2n) is 4.85. The van der Waals surface area contributed by atoms with Crippen LogP contribution < -0.4 is 5.32 Å². The topological polar surface area (TPSA) is 69.6 Å². The molecule has 0 aromatic heterocycles. The maximum atomic E-state index is 12.7. The van der Waals surface area contributed by atoms with Crippen LogP contribution in [0.5, 0.6) is 0 Å². The number of rotatable bonds is 4. The molecule has 0 aliphatic carbocycles. The molecule has 1 heterocycles. The van der Waals surface area contributed by atoms with E-state index in [0.29, 0.717) is 31.6 Å². The van der Waals surface area contributed by atoms with E-state index < -0.39 is 5.97 Å². The molecule has 1 aromatic carbocycles. The van der Waals surface area contributed by atoms with Crippen molar-refractivity contribution in [2.24, 2.45) is 5.92 Å². The zero-order chi connectivity index (χ0) is 14.5. The Morgan fingerprint density at radius 2 is 1.85 bits per heavy atom. The van der Waals surface area contributed by atoms with Crippen molar-refractivity contribution in [2.75, 3.05) is 25.0 Å². The molecule has 0 unspecified atom stereocenters. The number of halogens is 1. The fourth-order valence-electron chi connectivity index (χ4n) is 2.23. The zero-order valence-corrected chi connectivity index (χ0v) is 11.0. The van der Waals surface area contributed by atoms with Crippen LogP contribution in [0, 0.1) is 11.7 Å². The van der Waals surface area contributed by atoms with E-state index in [0.717, 1.165) is 0 Å². The third-order valence-corrected chi connectivity index (χ3v) is 3.48. The van der Waals surface area contributed by atoms with Gasteiger partial charge in [-0.3, -0.25) is 9.59 Å². The maximum Gasteiger partial charge on any atom is 0.306 e. The molecule has 0 spiro atoms. The molecule has 0 radical (unpaired) electrons. The van der Waals surface area contributed by atoms with Crippen LogP contribution in [0.1, 0.15) is 12.8 Å². The summed E-state index contributed by atoms with van der Waals surface area (Å²) in [5, 5.41) is 11.8. The lowest BCUT2D eigenvalue weighted by Gasteiger charge is -2.30. The first kappa shape index (κ1) is 14.3. The van der Waals surface area contributed by atoms with Gasteiger partial charge in [-0.05, 0) is 37.1 Å². The fourth-order valence-corrected chi connectivity index (χ4v) is 2.23. The number of amides is 1. The Hall–Kier alpha value is -2.11. The molecule has 2 N–H and O–H groups in total. The molecule has 1 aliphatic rings. The molecular weight excluding hydrogens is 263 g/mol. The first-order chi connectivity index (χ1) is 9.56. The van der Waals surface area contributed by atoms with Crippen molar-refractivity contribution in [3.05, 3.63) is 30.1 Å². The van der Waals surface area contributed by atoms with E-state index in [2.05, 4.69) is 5.32 Å². The predicted octanol–water partition coefficient (Wildman–Crippen LogP) is 1.56. The number of nitrogens with one attached hydrogen (secondary N) is 1. The summed E-state index contributed by atoms with van der Waals surface area (Å²) in [5.41, 5.74) is 0.681. The summed E-state index contributed by atoms with van der Waals surface area (Å²) in [4.78, 5) is 24.4. The van der Waals surface area contributed by atoms with Crippen molar-refractivity contribution >= 4 is 17.6 Å². The Morgan fingerprint density at radius 3 is 2.40 bits per heavy atom. The summed E-state index contributed by atoms with van der Waals surface area (Å²) in [7, 11) is 0. The van der Waals surface area contributed by atoms with Gasteiger partial charge < -0.3 is 15.3 Å². The van der Waals surface area contributed by atoms with Crippen molar-refractivity contribution in [3.8, 4) is 0 Å². The smallest absolute Gasteiger partial charge is 0.306 e. The van der Waals surface area contributed by atoms with Gasteiger partial charge in [-0.2, -0.15) is 0 Å². The number of carbonyl (C=O) groups is 2. The number of hydrogen-bond acceptors (Lipinski definition) is 3. The van der Waals surface area contributed by atoms with Gasteiger partial charge in [0, 0.05) is 18.8 Å². The number of nitrogens with zero attached hydrogens (tertiary/aromatic N) is 1. The number of hydrogen-bond donors (Lipinski definition) is 2. The van der Waals surface area contributed by atoms with Crippen molar-refractivity contribution in [2.45, 2.75) is 12.8 Å². The van der Waals surface area contributed by atoms with E-state index in [-0.39, 0.29) is 24.2 Å². The molecule has 108 valence electrons.